The van der Waals surface area contributed by atoms with Crippen molar-refractivity contribution in [2.75, 3.05) is 0 Å². The van der Waals surface area contributed by atoms with Crippen LogP contribution in [-0.2, 0) is 6.18 Å². The maximum Gasteiger partial charge on any atom is 0.417 e. The Balaban J connectivity index is 2.34. The Morgan fingerprint density at radius 3 is 2.40 bits per heavy atom. The predicted octanol–water partition coefficient (Wildman–Crippen LogP) is 4.08. The second kappa shape index (κ2) is 5.49. The number of aromatic nitrogens is 1. The third-order valence-electron chi connectivity index (χ3n) is 2.67. The van der Waals surface area contributed by atoms with Crippen molar-refractivity contribution < 1.29 is 22.7 Å². The lowest BCUT2D eigenvalue weighted by atomic mass is 10.0. The third-order valence-corrected chi connectivity index (χ3v) is 3.28. The number of aliphatic hydroxyl groups excluding tert-OH is 1. The molecule has 0 saturated heterocycles. The fourth-order valence-electron chi connectivity index (χ4n) is 1.63. The van der Waals surface area contributed by atoms with Gasteiger partial charge in [-0.1, -0.05) is 12.1 Å². The fraction of sp³-hybridized carbons (Fsp3) is 0.154. The Kier molecular flexibility index (Phi) is 4.10. The van der Waals surface area contributed by atoms with Crippen LogP contribution in [-0.4, -0.2) is 10.1 Å². The van der Waals surface area contributed by atoms with E-state index in [9.17, 15) is 22.7 Å². The minimum Gasteiger partial charge on any atom is -0.382 e. The molecule has 0 saturated carbocycles. The van der Waals surface area contributed by atoms with Crippen molar-refractivity contribution in [3.8, 4) is 0 Å². The van der Waals surface area contributed by atoms with Crippen LogP contribution in [0.4, 0.5) is 17.6 Å². The van der Waals surface area contributed by atoms with Crippen molar-refractivity contribution in [3.63, 3.8) is 0 Å². The molecule has 0 aliphatic rings. The Labute approximate surface area is 120 Å². The second-order valence-electron chi connectivity index (χ2n) is 4.02. The number of alkyl halides is 3. The molecule has 1 heterocycles. The lowest BCUT2D eigenvalue weighted by Gasteiger charge is -2.13. The Hall–Kier alpha value is -1.47. The first-order valence-corrected chi connectivity index (χ1v) is 6.25. The van der Waals surface area contributed by atoms with E-state index in [0.717, 1.165) is 12.1 Å². The molecule has 0 aliphatic heterocycles. The molecule has 20 heavy (non-hydrogen) atoms. The van der Waals surface area contributed by atoms with Crippen LogP contribution in [0.15, 0.2) is 41.0 Å². The van der Waals surface area contributed by atoms with Gasteiger partial charge in [-0.15, -0.1) is 0 Å². The van der Waals surface area contributed by atoms with E-state index in [0.29, 0.717) is 6.20 Å². The Bertz CT molecular complexity index is 613. The van der Waals surface area contributed by atoms with Gasteiger partial charge in [-0.2, -0.15) is 13.2 Å². The van der Waals surface area contributed by atoms with Crippen LogP contribution >= 0.6 is 15.9 Å². The lowest BCUT2D eigenvalue weighted by Crippen LogP contribution is -2.09. The number of rotatable bonds is 2. The summed E-state index contributed by atoms with van der Waals surface area (Å²) in [6.07, 6.45) is -5.33. The van der Waals surface area contributed by atoms with Crippen LogP contribution in [0.25, 0.3) is 0 Å². The maximum absolute atomic E-state index is 13.8. The molecule has 2 nitrogen and oxygen atoms in total. The van der Waals surface area contributed by atoms with Gasteiger partial charge in [0.05, 0.1) is 15.7 Å². The first-order chi connectivity index (χ1) is 9.30. The van der Waals surface area contributed by atoms with Crippen molar-refractivity contribution in [3.05, 3.63) is 63.6 Å². The molecule has 7 heteroatoms. The quantitative estimate of drug-likeness (QED) is 0.828. The first-order valence-electron chi connectivity index (χ1n) is 5.46. The number of aliphatic hydroxyl groups is 1. The highest BCUT2D eigenvalue weighted by Crippen LogP contribution is 2.31. The number of halogens is 5. The zero-order valence-electron chi connectivity index (χ0n) is 9.83. The molecular weight excluding hydrogens is 342 g/mol. The van der Waals surface area contributed by atoms with Gasteiger partial charge in [-0.3, -0.25) is 4.98 Å². The van der Waals surface area contributed by atoms with Crippen LogP contribution < -0.4 is 0 Å². The third kappa shape index (κ3) is 2.99. The maximum atomic E-state index is 13.8. The number of hydrogen-bond acceptors (Lipinski definition) is 2. The average molecular weight is 350 g/mol. The highest BCUT2D eigenvalue weighted by Gasteiger charge is 2.31. The molecule has 1 aromatic heterocycles. The van der Waals surface area contributed by atoms with Gasteiger partial charge in [0.15, 0.2) is 0 Å². The molecule has 1 N–H and O–H groups in total. The van der Waals surface area contributed by atoms with Crippen LogP contribution in [0, 0.1) is 5.82 Å². The molecule has 2 aromatic rings. The molecule has 0 radical (unpaired) electrons. The van der Waals surface area contributed by atoms with Gasteiger partial charge >= 0.3 is 6.18 Å². The smallest absolute Gasteiger partial charge is 0.382 e. The van der Waals surface area contributed by atoms with Crippen molar-refractivity contribution in [2.24, 2.45) is 0 Å². The second-order valence-corrected chi connectivity index (χ2v) is 4.87. The summed E-state index contributed by atoms with van der Waals surface area (Å²) in [5.74, 6) is -0.679. The van der Waals surface area contributed by atoms with E-state index in [1.807, 2.05) is 0 Å². The lowest BCUT2D eigenvalue weighted by molar-refractivity contribution is -0.137. The normalized spacial score (nSPS) is 13.3. The van der Waals surface area contributed by atoms with Crippen LogP contribution in [0.2, 0.25) is 0 Å². The van der Waals surface area contributed by atoms with Gasteiger partial charge in [0, 0.05) is 11.8 Å². The minimum absolute atomic E-state index is 0.0602. The minimum atomic E-state index is -4.50. The van der Waals surface area contributed by atoms with Crippen LogP contribution in [0.1, 0.15) is 22.9 Å². The molecule has 0 bridgehead atoms. The van der Waals surface area contributed by atoms with Gasteiger partial charge in [-0.25, -0.2) is 4.39 Å². The van der Waals surface area contributed by atoms with Crippen LogP contribution in [0.3, 0.4) is 0 Å². The van der Waals surface area contributed by atoms with Crippen molar-refractivity contribution in [1.82, 2.24) is 4.98 Å². The van der Waals surface area contributed by atoms with Gasteiger partial charge in [0.25, 0.3) is 0 Å². The number of pyridine rings is 1. The van der Waals surface area contributed by atoms with E-state index in [-0.39, 0.29) is 15.7 Å². The molecule has 0 fully saturated rings. The fourth-order valence-corrected chi connectivity index (χ4v) is 2.01. The monoisotopic (exact) mass is 349 g/mol. The highest BCUT2D eigenvalue weighted by molar-refractivity contribution is 9.10. The Morgan fingerprint density at radius 2 is 1.85 bits per heavy atom. The zero-order chi connectivity index (χ0) is 14.9. The largest absolute Gasteiger partial charge is 0.417 e. The first kappa shape index (κ1) is 14.9. The molecule has 0 aliphatic carbocycles. The van der Waals surface area contributed by atoms with Gasteiger partial charge in [0.1, 0.15) is 11.9 Å². The summed E-state index contributed by atoms with van der Waals surface area (Å²) in [5.41, 5.74) is -1.05. The summed E-state index contributed by atoms with van der Waals surface area (Å²) in [6, 6.07) is 6.11. The topological polar surface area (TPSA) is 33.1 Å². The number of nitrogens with zero attached hydrogens (tertiary/aromatic N) is 1. The van der Waals surface area contributed by atoms with Crippen molar-refractivity contribution in [1.29, 1.82) is 0 Å². The summed E-state index contributed by atoms with van der Waals surface area (Å²) in [5, 5.41) is 9.99. The van der Waals surface area contributed by atoms with E-state index in [1.54, 1.807) is 0 Å². The number of benzene rings is 1. The summed E-state index contributed by atoms with van der Waals surface area (Å²) in [7, 11) is 0. The standard InChI is InChI=1S/C13H8BrF4NO/c14-9-3-1-2-8(11(9)15)12(20)10-5-4-7(6-19-10)13(16,17)18/h1-6,12,20H. The number of hydrogen-bond donors (Lipinski definition) is 1. The summed E-state index contributed by atoms with van der Waals surface area (Å²) in [4.78, 5) is 3.54. The SMILES string of the molecule is OC(c1ccc(C(F)(F)F)cn1)c1cccc(Br)c1F. The Morgan fingerprint density at radius 1 is 1.15 bits per heavy atom. The molecule has 106 valence electrons. The molecule has 1 atom stereocenters. The molecule has 1 unspecified atom stereocenters. The van der Waals surface area contributed by atoms with E-state index in [2.05, 4.69) is 20.9 Å². The van der Waals surface area contributed by atoms with Crippen molar-refractivity contribution in [2.45, 2.75) is 12.3 Å². The highest BCUT2D eigenvalue weighted by atomic mass is 79.9. The van der Waals surface area contributed by atoms with E-state index < -0.39 is 23.7 Å². The van der Waals surface area contributed by atoms with Gasteiger partial charge in [-0.05, 0) is 34.1 Å². The van der Waals surface area contributed by atoms with E-state index >= 15 is 0 Å². The summed E-state index contributed by atoms with van der Waals surface area (Å²) in [6.45, 7) is 0. The molecule has 0 amide bonds. The molecule has 0 spiro atoms. The van der Waals surface area contributed by atoms with E-state index in [4.69, 9.17) is 0 Å². The van der Waals surface area contributed by atoms with Gasteiger partial charge < -0.3 is 5.11 Å². The average Bonchev–Trinajstić information content (AvgIpc) is 2.40. The summed E-state index contributed by atoms with van der Waals surface area (Å²) < 4.78 is 51.1. The van der Waals surface area contributed by atoms with Crippen LogP contribution in [0.5, 0.6) is 0 Å². The van der Waals surface area contributed by atoms with Gasteiger partial charge in [0.2, 0.25) is 0 Å². The van der Waals surface area contributed by atoms with Crippen molar-refractivity contribution >= 4 is 15.9 Å². The summed E-state index contributed by atoms with van der Waals surface area (Å²) >= 11 is 2.97. The molecule has 1 aromatic carbocycles. The molecule has 2 rings (SSSR count). The predicted molar refractivity (Wildman–Crippen MR) is 67.4 cm³/mol. The zero-order valence-corrected chi connectivity index (χ0v) is 11.4. The van der Waals surface area contributed by atoms with E-state index in [1.165, 1.54) is 18.2 Å². The molecular formula is C13H8BrF4NO.